The van der Waals surface area contributed by atoms with E-state index in [1.807, 2.05) is 0 Å². The number of nitrogens with zero attached hydrogens (tertiary/aromatic N) is 1. The molecule has 0 bridgehead atoms. The summed E-state index contributed by atoms with van der Waals surface area (Å²) in [6.45, 7) is 7.69. The van der Waals surface area contributed by atoms with Gasteiger partial charge in [0.2, 0.25) is 0 Å². The molecule has 0 aromatic carbocycles. The molecule has 0 N–H and O–H groups in total. The Morgan fingerprint density at radius 1 is 0.478 bits per heavy atom. The van der Waals surface area contributed by atoms with Crippen LogP contribution >= 0.6 is 0 Å². The maximum atomic E-state index is 6.73. The molecule has 1 aliphatic heterocycles. The fraction of sp³-hybridized carbons (Fsp3) is 0.814. The fourth-order valence-corrected chi connectivity index (χ4v) is 6.49. The van der Waals surface area contributed by atoms with Gasteiger partial charge in [-0.05, 0) is 98.1 Å². The van der Waals surface area contributed by atoms with Gasteiger partial charge in [-0.3, -0.25) is 0 Å². The van der Waals surface area contributed by atoms with Crippen LogP contribution in [0.15, 0.2) is 48.6 Å². The second kappa shape index (κ2) is 31.1. The van der Waals surface area contributed by atoms with Crippen LogP contribution in [0.4, 0.5) is 0 Å². The van der Waals surface area contributed by atoms with Crippen molar-refractivity contribution in [1.29, 1.82) is 0 Å². The number of hydrogen-bond donors (Lipinski definition) is 0. The molecule has 1 aliphatic rings. The maximum Gasteiger partial charge on any atom is 0.169 e. The lowest BCUT2D eigenvalue weighted by atomic mass is 9.98. The highest BCUT2D eigenvalue weighted by Crippen LogP contribution is 2.38. The lowest BCUT2D eigenvalue weighted by molar-refractivity contribution is -0.186. The number of allylic oxidation sites excluding steroid dienone is 8. The van der Waals surface area contributed by atoms with Crippen LogP contribution in [0.25, 0.3) is 0 Å². The predicted octanol–water partition coefficient (Wildman–Crippen LogP) is 13.5. The minimum Gasteiger partial charge on any atom is -0.344 e. The van der Waals surface area contributed by atoms with Crippen LogP contribution in [0.1, 0.15) is 188 Å². The first-order chi connectivity index (χ1) is 22.5. The molecule has 0 radical (unpaired) electrons. The van der Waals surface area contributed by atoms with Gasteiger partial charge < -0.3 is 14.4 Å². The summed E-state index contributed by atoms with van der Waals surface area (Å²) in [5.41, 5.74) is 0. The zero-order valence-electron chi connectivity index (χ0n) is 31.6. The van der Waals surface area contributed by atoms with Crippen LogP contribution in [0.5, 0.6) is 0 Å². The van der Waals surface area contributed by atoms with E-state index < -0.39 is 0 Å². The van der Waals surface area contributed by atoms with Gasteiger partial charge in [0, 0.05) is 19.4 Å². The van der Waals surface area contributed by atoms with Crippen molar-refractivity contribution < 1.29 is 9.47 Å². The Morgan fingerprint density at radius 3 is 1.24 bits per heavy atom. The minimum absolute atomic E-state index is 0.177. The molecule has 0 saturated carbocycles. The van der Waals surface area contributed by atoms with Crippen LogP contribution < -0.4 is 0 Å². The van der Waals surface area contributed by atoms with Gasteiger partial charge in [0.25, 0.3) is 0 Å². The fourth-order valence-electron chi connectivity index (χ4n) is 6.49. The van der Waals surface area contributed by atoms with Crippen molar-refractivity contribution in [1.82, 2.24) is 4.90 Å². The molecule has 3 nitrogen and oxygen atoms in total. The number of unbranched alkanes of at least 4 members (excludes halogenated alkanes) is 18. The van der Waals surface area contributed by atoms with Crippen LogP contribution in [0.2, 0.25) is 0 Å². The van der Waals surface area contributed by atoms with Crippen molar-refractivity contribution in [2.75, 3.05) is 20.6 Å². The molecule has 46 heavy (non-hydrogen) atoms. The molecule has 0 aromatic heterocycles. The summed E-state index contributed by atoms with van der Waals surface area (Å²) in [5.74, 6) is -0.357. The molecule has 1 heterocycles. The Kier molecular flexibility index (Phi) is 29.0. The van der Waals surface area contributed by atoms with Gasteiger partial charge in [-0.1, -0.05) is 140 Å². The summed E-state index contributed by atoms with van der Waals surface area (Å²) in [7, 11) is 4.28. The average Bonchev–Trinajstić information content (AvgIpc) is 3.34. The van der Waals surface area contributed by atoms with E-state index in [0.717, 1.165) is 32.2 Å². The zero-order chi connectivity index (χ0) is 33.4. The summed E-state index contributed by atoms with van der Waals surface area (Å²) in [6, 6.07) is 0. The van der Waals surface area contributed by atoms with Gasteiger partial charge in [-0.15, -0.1) is 0 Å². The van der Waals surface area contributed by atoms with Crippen molar-refractivity contribution in [2.45, 2.75) is 206 Å². The van der Waals surface area contributed by atoms with E-state index in [0.29, 0.717) is 0 Å². The SMILES string of the molecule is CCCCCC=CCC=CCCCCCCCCC1(CCCCCCCCC=CCC=CCCCCC)OC(C)C(CN(C)C)O1. The first kappa shape index (κ1) is 42.9. The Hall–Kier alpha value is -1.16. The molecule has 2 atom stereocenters. The van der Waals surface area contributed by atoms with Crippen molar-refractivity contribution in [2.24, 2.45) is 0 Å². The molecule has 0 aromatic rings. The van der Waals surface area contributed by atoms with Crippen molar-refractivity contribution in [3.8, 4) is 0 Å². The highest BCUT2D eigenvalue weighted by molar-refractivity contribution is 4.93. The van der Waals surface area contributed by atoms with E-state index in [9.17, 15) is 0 Å². The van der Waals surface area contributed by atoms with Gasteiger partial charge in [0.15, 0.2) is 5.79 Å². The van der Waals surface area contributed by atoms with Crippen LogP contribution in [-0.2, 0) is 9.47 Å². The van der Waals surface area contributed by atoms with E-state index in [1.54, 1.807) is 0 Å². The largest absolute Gasteiger partial charge is 0.344 e. The molecule has 0 aliphatic carbocycles. The van der Waals surface area contributed by atoms with E-state index >= 15 is 0 Å². The molecule has 3 heteroatoms. The third kappa shape index (κ3) is 24.9. The third-order valence-electron chi connectivity index (χ3n) is 9.35. The van der Waals surface area contributed by atoms with Crippen LogP contribution in [-0.4, -0.2) is 43.5 Å². The highest BCUT2D eigenvalue weighted by Gasteiger charge is 2.44. The lowest BCUT2D eigenvalue weighted by Gasteiger charge is -2.29. The van der Waals surface area contributed by atoms with E-state index in [4.69, 9.17) is 9.47 Å². The normalized spacial score (nSPS) is 20.7. The summed E-state index contributed by atoms with van der Waals surface area (Å²) in [4.78, 5) is 2.24. The summed E-state index contributed by atoms with van der Waals surface area (Å²) in [5, 5.41) is 0. The van der Waals surface area contributed by atoms with Crippen molar-refractivity contribution in [3.63, 3.8) is 0 Å². The Labute approximate surface area is 288 Å². The first-order valence-corrected chi connectivity index (χ1v) is 20.1. The summed E-state index contributed by atoms with van der Waals surface area (Å²) in [6.07, 6.45) is 52.2. The topological polar surface area (TPSA) is 21.7 Å². The molecular weight excluding hydrogens is 562 g/mol. The lowest BCUT2D eigenvalue weighted by Crippen LogP contribution is -2.34. The number of hydrogen-bond acceptors (Lipinski definition) is 3. The van der Waals surface area contributed by atoms with Crippen LogP contribution in [0.3, 0.4) is 0 Å². The summed E-state index contributed by atoms with van der Waals surface area (Å²) < 4.78 is 13.4. The monoisotopic (exact) mass is 642 g/mol. The Morgan fingerprint density at radius 2 is 0.848 bits per heavy atom. The first-order valence-electron chi connectivity index (χ1n) is 20.1. The van der Waals surface area contributed by atoms with E-state index in [1.165, 1.54) is 141 Å². The molecular formula is C43H79NO2. The smallest absolute Gasteiger partial charge is 0.169 e. The van der Waals surface area contributed by atoms with Gasteiger partial charge >= 0.3 is 0 Å². The van der Waals surface area contributed by atoms with Gasteiger partial charge in [-0.25, -0.2) is 0 Å². The summed E-state index contributed by atoms with van der Waals surface area (Å²) >= 11 is 0. The molecule has 1 fully saturated rings. The van der Waals surface area contributed by atoms with Crippen molar-refractivity contribution >= 4 is 0 Å². The second-order valence-electron chi connectivity index (χ2n) is 14.3. The van der Waals surface area contributed by atoms with Crippen molar-refractivity contribution in [3.05, 3.63) is 48.6 Å². The van der Waals surface area contributed by atoms with E-state index in [-0.39, 0.29) is 18.0 Å². The van der Waals surface area contributed by atoms with Gasteiger partial charge in [0.1, 0.15) is 0 Å². The second-order valence-corrected chi connectivity index (χ2v) is 14.3. The highest BCUT2D eigenvalue weighted by atomic mass is 16.8. The molecule has 0 amide bonds. The Bertz CT molecular complexity index is 719. The maximum absolute atomic E-state index is 6.73. The number of ether oxygens (including phenoxy) is 2. The molecule has 1 saturated heterocycles. The Balaban J connectivity index is 2.19. The predicted molar refractivity (Wildman–Crippen MR) is 205 cm³/mol. The zero-order valence-corrected chi connectivity index (χ0v) is 31.6. The number of likely N-dealkylation sites (N-methyl/N-ethyl adjacent to an activating group) is 1. The van der Waals surface area contributed by atoms with Gasteiger partial charge in [-0.2, -0.15) is 0 Å². The molecule has 2 unspecified atom stereocenters. The standard InChI is InChI=1S/C43H79NO2/c1-6-8-10-12-14-16-18-20-22-24-26-28-30-32-34-36-38-43(45-41(3)42(46-43)40-44(4)5)39-37-35-33-31-29-27-25-23-21-19-17-15-13-11-9-7-2/h14-17,20-23,41-42H,6-13,18-19,24-40H2,1-5H3. The molecule has 0 spiro atoms. The molecule has 268 valence electrons. The molecule has 1 rings (SSSR count). The van der Waals surface area contributed by atoms with E-state index in [2.05, 4.69) is 88.4 Å². The number of rotatable bonds is 32. The minimum atomic E-state index is -0.357. The average molecular weight is 642 g/mol. The quantitative estimate of drug-likeness (QED) is 0.0539. The van der Waals surface area contributed by atoms with Crippen LogP contribution in [0, 0.1) is 0 Å². The van der Waals surface area contributed by atoms with Gasteiger partial charge in [0.05, 0.1) is 12.2 Å². The third-order valence-corrected chi connectivity index (χ3v) is 9.35.